The van der Waals surface area contributed by atoms with Crippen LogP contribution >= 0.6 is 34.5 Å². The Morgan fingerprint density at radius 2 is 1.90 bits per heavy atom. The van der Waals surface area contributed by atoms with Crippen LogP contribution < -0.4 is 10.1 Å². The van der Waals surface area contributed by atoms with Crippen molar-refractivity contribution in [1.82, 2.24) is 10.3 Å². The number of methoxy groups -OCH3 is 1. The number of carbonyl (C=O) groups is 1. The average Bonchev–Trinajstić information content (AvgIpc) is 3.17. The van der Waals surface area contributed by atoms with Crippen molar-refractivity contribution in [3.8, 4) is 17.0 Å². The van der Waals surface area contributed by atoms with Crippen LogP contribution in [-0.4, -0.2) is 23.8 Å². The Labute approximate surface area is 182 Å². The van der Waals surface area contributed by atoms with Gasteiger partial charge in [0.15, 0.2) is 0 Å². The summed E-state index contributed by atoms with van der Waals surface area (Å²) in [6, 6.07) is 12.2. The summed E-state index contributed by atoms with van der Waals surface area (Å²) in [7, 11) is 1.64. The van der Waals surface area contributed by atoms with E-state index < -0.39 is 0 Å². The number of carbonyl (C=O) groups excluding carboxylic acids is 1. The number of hydrogen-bond donors (Lipinski definition) is 1. The molecule has 5 nitrogen and oxygen atoms in total. The van der Waals surface area contributed by atoms with Crippen molar-refractivity contribution in [3.05, 3.63) is 68.5 Å². The van der Waals surface area contributed by atoms with Crippen molar-refractivity contribution in [2.45, 2.75) is 18.9 Å². The van der Waals surface area contributed by atoms with E-state index in [1.807, 2.05) is 42.6 Å². The first-order chi connectivity index (χ1) is 14.0. The summed E-state index contributed by atoms with van der Waals surface area (Å²) in [5, 5.41) is 6.82. The molecule has 0 fully saturated rings. The maximum Gasteiger partial charge on any atom is 0.341 e. The zero-order valence-electron chi connectivity index (χ0n) is 15.6. The van der Waals surface area contributed by atoms with Crippen molar-refractivity contribution >= 4 is 46.3 Å². The fourth-order valence-corrected chi connectivity index (χ4v) is 4.93. The molecule has 8 heteroatoms. The Bertz CT molecular complexity index is 1100. The van der Waals surface area contributed by atoms with Crippen LogP contribution in [0.25, 0.3) is 11.3 Å². The fraction of sp³-hybridized carbons (Fsp3) is 0.190. The van der Waals surface area contributed by atoms with Crippen molar-refractivity contribution in [1.29, 1.82) is 0 Å². The number of amides is 2. The van der Waals surface area contributed by atoms with Crippen LogP contribution in [0.5, 0.6) is 5.75 Å². The third kappa shape index (κ3) is 4.01. The molecule has 0 spiro atoms. The number of hydrogen-bond acceptors (Lipinski definition) is 4. The molecular weight excluding hydrogens is 429 g/mol. The van der Waals surface area contributed by atoms with Crippen LogP contribution in [0.4, 0.5) is 4.79 Å². The molecule has 0 radical (unpaired) electrons. The molecule has 1 aromatic heterocycles. The zero-order chi connectivity index (χ0) is 20.5. The van der Waals surface area contributed by atoms with E-state index in [4.69, 9.17) is 32.9 Å². The normalized spacial score (nSPS) is 18.9. The molecule has 148 valence electrons. The first-order valence-electron chi connectivity index (χ1n) is 8.86. The van der Waals surface area contributed by atoms with E-state index in [1.54, 1.807) is 19.2 Å². The minimum absolute atomic E-state index is 0.219. The van der Waals surface area contributed by atoms with Gasteiger partial charge in [0.1, 0.15) is 10.8 Å². The second kappa shape index (κ2) is 8.14. The monoisotopic (exact) mass is 445 g/mol. The zero-order valence-corrected chi connectivity index (χ0v) is 18.0. The van der Waals surface area contributed by atoms with Gasteiger partial charge in [-0.2, -0.15) is 0 Å². The van der Waals surface area contributed by atoms with Gasteiger partial charge in [0.25, 0.3) is 0 Å². The molecule has 4 rings (SSSR count). The third-order valence-electron chi connectivity index (χ3n) is 4.81. The highest BCUT2D eigenvalue weighted by atomic mass is 35.5. The molecule has 2 aromatic carbocycles. The first-order valence-corrected chi connectivity index (χ1v) is 10.5. The first kappa shape index (κ1) is 19.9. The summed E-state index contributed by atoms with van der Waals surface area (Å²) in [4.78, 5) is 21.1. The topological polar surface area (TPSA) is 63.6 Å². The van der Waals surface area contributed by atoms with E-state index in [-0.39, 0.29) is 18.0 Å². The van der Waals surface area contributed by atoms with Crippen LogP contribution in [0.3, 0.4) is 0 Å². The van der Waals surface area contributed by atoms with E-state index in [2.05, 4.69) is 10.3 Å². The summed E-state index contributed by atoms with van der Waals surface area (Å²) in [6.45, 7) is 1.84. The van der Waals surface area contributed by atoms with Crippen LogP contribution in [0.2, 0.25) is 10.0 Å². The van der Waals surface area contributed by atoms with Gasteiger partial charge in [-0.3, -0.25) is 0 Å². The lowest BCUT2D eigenvalue weighted by atomic mass is 9.88. The Kier molecular flexibility index (Phi) is 5.58. The van der Waals surface area contributed by atoms with Gasteiger partial charge >= 0.3 is 6.03 Å². The SMILES string of the molecule is COc1ccc(-c2csc(C3C(C)=NC(=O)NC3c3ccc(Cl)cc3Cl)n2)cc1. The third-order valence-corrected chi connectivity index (χ3v) is 6.30. The molecule has 2 atom stereocenters. The Balaban J connectivity index is 1.73. The number of nitrogens with zero attached hydrogens (tertiary/aromatic N) is 2. The number of rotatable bonds is 4. The van der Waals surface area contributed by atoms with Gasteiger partial charge in [-0.1, -0.05) is 29.3 Å². The van der Waals surface area contributed by atoms with E-state index >= 15 is 0 Å². The second-order valence-electron chi connectivity index (χ2n) is 6.62. The van der Waals surface area contributed by atoms with E-state index in [1.165, 1.54) is 11.3 Å². The minimum atomic E-state index is -0.387. The molecule has 0 bridgehead atoms. The lowest BCUT2D eigenvalue weighted by Crippen LogP contribution is -2.38. The van der Waals surface area contributed by atoms with Gasteiger partial charge in [-0.05, 0) is 48.9 Å². The van der Waals surface area contributed by atoms with Crippen LogP contribution in [0, 0.1) is 0 Å². The molecule has 2 heterocycles. The lowest BCUT2D eigenvalue weighted by molar-refractivity contribution is 0.243. The summed E-state index contributed by atoms with van der Waals surface area (Å²) < 4.78 is 5.22. The largest absolute Gasteiger partial charge is 0.497 e. The molecule has 0 saturated heterocycles. The van der Waals surface area contributed by atoms with E-state index in [0.29, 0.717) is 15.8 Å². The molecule has 1 aliphatic heterocycles. The van der Waals surface area contributed by atoms with E-state index in [9.17, 15) is 4.79 Å². The highest BCUT2D eigenvalue weighted by Gasteiger charge is 2.36. The summed E-state index contributed by atoms with van der Waals surface area (Å²) in [6.07, 6.45) is 0. The summed E-state index contributed by atoms with van der Waals surface area (Å²) in [5.74, 6) is 0.572. The molecule has 1 N–H and O–H groups in total. The number of thiazole rings is 1. The van der Waals surface area contributed by atoms with Gasteiger partial charge in [0.2, 0.25) is 0 Å². The number of urea groups is 1. The lowest BCUT2D eigenvalue weighted by Gasteiger charge is -2.30. The minimum Gasteiger partial charge on any atom is -0.497 e. The van der Waals surface area contributed by atoms with Crippen molar-refractivity contribution in [2.24, 2.45) is 4.99 Å². The average molecular weight is 446 g/mol. The second-order valence-corrected chi connectivity index (χ2v) is 8.36. The van der Waals surface area contributed by atoms with Crippen LogP contribution in [0.1, 0.15) is 29.5 Å². The number of benzene rings is 2. The Morgan fingerprint density at radius 3 is 2.59 bits per heavy atom. The molecule has 1 aliphatic rings. The van der Waals surface area contributed by atoms with Gasteiger partial charge in [0.05, 0.1) is 24.8 Å². The highest BCUT2D eigenvalue weighted by molar-refractivity contribution is 7.10. The maximum absolute atomic E-state index is 12.1. The molecule has 29 heavy (non-hydrogen) atoms. The summed E-state index contributed by atoms with van der Waals surface area (Å²) >= 11 is 14.0. The molecule has 0 aliphatic carbocycles. The number of aliphatic imine (C=N–C) groups is 1. The predicted octanol–water partition coefficient (Wildman–Crippen LogP) is 6.13. The predicted molar refractivity (Wildman–Crippen MR) is 118 cm³/mol. The van der Waals surface area contributed by atoms with Crippen molar-refractivity contribution < 1.29 is 9.53 Å². The number of aromatic nitrogens is 1. The van der Waals surface area contributed by atoms with Crippen molar-refractivity contribution in [3.63, 3.8) is 0 Å². The van der Waals surface area contributed by atoms with E-state index in [0.717, 1.165) is 27.6 Å². The van der Waals surface area contributed by atoms with Crippen LogP contribution in [-0.2, 0) is 0 Å². The number of ether oxygens (including phenoxy) is 1. The number of nitrogens with one attached hydrogen (secondary N) is 1. The van der Waals surface area contributed by atoms with Gasteiger partial charge in [-0.15, -0.1) is 11.3 Å². The van der Waals surface area contributed by atoms with Gasteiger partial charge in [0, 0.05) is 26.7 Å². The molecule has 2 unspecified atom stereocenters. The quantitative estimate of drug-likeness (QED) is 0.524. The Morgan fingerprint density at radius 1 is 1.14 bits per heavy atom. The van der Waals surface area contributed by atoms with Gasteiger partial charge < -0.3 is 10.1 Å². The molecule has 0 saturated carbocycles. The molecule has 2 amide bonds. The molecular formula is C21H17Cl2N3O2S. The Hall–Kier alpha value is -2.41. The summed E-state index contributed by atoms with van der Waals surface area (Å²) in [5.41, 5.74) is 3.33. The van der Waals surface area contributed by atoms with Crippen LogP contribution in [0.15, 0.2) is 52.8 Å². The standard InChI is InChI=1S/C21H17Cl2N3O2S/c1-11-18(19(26-21(27)24-11)15-8-5-13(22)9-16(15)23)20-25-17(10-29-20)12-3-6-14(28-2)7-4-12/h3-10,18-19H,1-2H3,(H,26,27). The fourth-order valence-electron chi connectivity index (χ4n) is 3.38. The van der Waals surface area contributed by atoms with Gasteiger partial charge in [-0.25, -0.2) is 14.8 Å². The molecule has 3 aromatic rings. The highest BCUT2D eigenvalue weighted by Crippen LogP contribution is 2.40. The maximum atomic E-state index is 12.1. The van der Waals surface area contributed by atoms with Crippen molar-refractivity contribution in [2.75, 3.05) is 7.11 Å². The smallest absolute Gasteiger partial charge is 0.341 e. The number of halogens is 2.